The molecule has 17 heavy (non-hydrogen) atoms. The normalized spacial score (nSPS) is 14.1. The second-order valence-electron chi connectivity index (χ2n) is 4.32. The van der Waals surface area contributed by atoms with Gasteiger partial charge in [0, 0.05) is 10.9 Å². The zero-order valence-electron chi connectivity index (χ0n) is 10.2. The molecule has 0 aromatic heterocycles. The van der Waals surface area contributed by atoms with Crippen LogP contribution >= 0.6 is 15.9 Å². The molecule has 0 heterocycles. The highest BCUT2D eigenvalue weighted by Crippen LogP contribution is 2.20. The summed E-state index contributed by atoms with van der Waals surface area (Å²) in [5.41, 5.74) is 0.0739. The van der Waals surface area contributed by atoms with Crippen LogP contribution in [0.2, 0.25) is 0 Å². The number of amides is 1. The summed E-state index contributed by atoms with van der Waals surface area (Å²) >= 11 is 3.39. The van der Waals surface area contributed by atoms with Crippen LogP contribution in [0.3, 0.4) is 0 Å². The van der Waals surface area contributed by atoms with Crippen LogP contribution < -0.4 is 5.32 Å². The summed E-state index contributed by atoms with van der Waals surface area (Å²) in [6, 6.07) is 6.57. The highest BCUT2D eigenvalue weighted by atomic mass is 79.9. The van der Waals surface area contributed by atoms with Gasteiger partial charge in [-0.25, -0.2) is 0 Å². The van der Waals surface area contributed by atoms with Gasteiger partial charge in [0.1, 0.15) is 5.75 Å². The molecule has 0 aliphatic heterocycles. The molecule has 1 unspecified atom stereocenters. The second kappa shape index (κ2) is 6.05. The number of phenolic OH excluding ortho intramolecular Hbond substituents is 1. The van der Waals surface area contributed by atoms with E-state index in [1.165, 1.54) is 6.07 Å². The highest BCUT2D eigenvalue weighted by Gasteiger charge is 2.24. The summed E-state index contributed by atoms with van der Waals surface area (Å²) in [6.07, 6.45) is 1.70. The minimum atomic E-state index is -0.247. The molecule has 3 nitrogen and oxygen atoms in total. The van der Waals surface area contributed by atoms with Crippen molar-refractivity contribution < 1.29 is 9.90 Å². The molecule has 0 saturated heterocycles. The zero-order valence-corrected chi connectivity index (χ0v) is 11.8. The van der Waals surface area contributed by atoms with E-state index in [1.807, 2.05) is 13.8 Å². The predicted molar refractivity (Wildman–Crippen MR) is 72.7 cm³/mol. The Labute approximate surface area is 110 Å². The number of aromatic hydroxyl groups is 1. The van der Waals surface area contributed by atoms with Crippen molar-refractivity contribution in [2.24, 2.45) is 0 Å². The number of carbonyl (C=O) groups excluding carboxylic acids is 1. The van der Waals surface area contributed by atoms with Gasteiger partial charge in [0.25, 0.3) is 5.91 Å². The number of benzene rings is 1. The van der Waals surface area contributed by atoms with Crippen LogP contribution in [0.25, 0.3) is 0 Å². The lowest BCUT2D eigenvalue weighted by molar-refractivity contribution is 0.0899. The molecular formula is C13H18BrNO2. The lowest BCUT2D eigenvalue weighted by atomic mass is 9.95. The number of carbonyl (C=O) groups is 1. The number of nitrogens with one attached hydrogen (secondary N) is 1. The highest BCUT2D eigenvalue weighted by molar-refractivity contribution is 9.09. The second-order valence-corrected chi connectivity index (χ2v) is 5.12. The molecule has 1 amide bonds. The van der Waals surface area contributed by atoms with Crippen LogP contribution in [0.4, 0.5) is 0 Å². The van der Waals surface area contributed by atoms with E-state index in [4.69, 9.17) is 0 Å². The third-order valence-electron chi connectivity index (χ3n) is 2.99. The third-order valence-corrected chi connectivity index (χ3v) is 3.39. The van der Waals surface area contributed by atoms with Crippen molar-refractivity contribution in [1.82, 2.24) is 5.32 Å². The van der Waals surface area contributed by atoms with Gasteiger partial charge in [0.15, 0.2) is 0 Å². The topological polar surface area (TPSA) is 49.3 Å². The Bertz CT molecular complexity index is 395. The first-order valence-corrected chi connectivity index (χ1v) is 6.81. The number of hydrogen-bond acceptors (Lipinski definition) is 2. The van der Waals surface area contributed by atoms with E-state index in [0.29, 0.717) is 5.56 Å². The average Bonchev–Trinajstić information content (AvgIpc) is 2.29. The maximum atomic E-state index is 12.0. The fourth-order valence-electron chi connectivity index (χ4n) is 1.54. The summed E-state index contributed by atoms with van der Waals surface area (Å²) in [4.78, 5) is 12.0. The smallest absolute Gasteiger partial charge is 0.255 e. The van der Waals surface area contributed by atoms with Gasteiger partial charge in [-0.05, 0) is 31.9 Å². The minimum absolute atomic E-state index is 0.0160. The van der Waals surface area contributed by atoms with Gasteiger partial charge < -0.3 is 10.4 Å². The van der Waals surface area contributed by atoms with E-state index < -0.39 is 0 Å². The van der Waals surface area contributed by atoms with Crippen molar-refractivity contribution in [2.45, 2.75) is 32.2 Å². The van der Waals surface area contributed by atoms with Gasteiger partial charge in [-0.15, -0.1) is 0 Å². The number of phenols is 1. The lowest BCUT2D eigenvalue weighted by Gasteiger charge is -2.29. The van der Waals surface area contributed by atoms with E-state index in [2.05, 4.69) is 21.2 Å². The monoisotopic (exact) mass is 299 g/mol. The van der Waals surface area contributed by atoms with Gasteiger partial charge >= 0.3 is 0 Å². The Hall–Kier alpha value is -1.03. The molecule has 0 spiro atoms. The number of rotatable bonds is 5. The first-order chi connectivity index (χ1) is 8.02. The SMILES string of the molecule is CCC(C)(CCBr)NC(=O)c1ccccc1O. The fourth-order valence-corrected chi connectivity index (χ4v) is 2.42. The maximum Gasteiger partial charge on any atom is 0.255 e. The molecular weight excluding hydrogens is 282 g/mol. The molecule has 94 valence electrons. The Kier molecular flexibility index (Phi) is 5.00. The number of hydrogen-bond donors (Lipinski definition) is 2. The molecule has 0 aliphatic rings. The van der Waals surface area contributed by atoms with Crippen LogP contribution in [-0.4, -0.2) is 21.9 Å². The largest absolute Gasteiger partial charge is 0.507 e. The Morgan fingerprint density at radius 3 is 2.65 bits per heavy atom. The molecule has 1 aromatic carbocycles. The maximum absolute atomic E-state index is 12.0. The van der Waals surface area contributed by atoms with Crippen molar-refractivity contribution in [1.29, 1.82) is 0 Å². The lowest BCUT2D eigenvalue weighted by Crippen LogP contribution is -2.45. The van der Waals surface area contributed by atoms with Gasteiger partial charge in [-0.3, -0.25) is 4.79 Å². The molecule has 2 N–H and O–H groups in total. The molecule has 0 radical (unpaired) electrons. The Morgan fingerprint density at radius 2 is 2.12 bits per heavy atom. The van der Waals surface area contributed by atoms with Crippen LogP contribution in [0, 0.1) is 0 Å². The van der Waals surface area contributed by atoms with E-state index in [1.54, 1.807) is 18.2 Å². The van der Waals surface area contributed by atoms with Crippen molar-refractivity contribution >= 4 is 21.8 Å². The van der Waals surface area contributed by atoms with E-state index in [-0.39, 0.29) is 17.2 Å². The van der Waals surface area contributed by atoms with Crippen LogP contribution in [0.15, 0.2) is 24.3 Å². The first-order valence-electron chi connectivity index (χ1n) is 5.69. The van der Waals surface area contributed by atoms with E-state index >= 15 is 0 Å². The van der Waals surface area contributed by atoms with Gasteiger partial charge in [-0.2, -0.15) is 0 Å². The van der Waals surface area contributed by atoms with Crippen molar-refractivity contribution in [3.63, 3.8) is 0 Å². The first kappa shape index (κ1) is 14.0. The molecule has 1 aromatic rings. The molecule has 0 saturated carbocycles. The molecule has 1 rings (SSSR count). The average molecular weight is 300 g/mol. The summed E-state index contributed by atoms with van der Waals surface area (Å²) in [5.74, 6) is -0.212. The van der Waals surface area contributed by atoms with Crippen LogP contribution in [-0.2, 0) is 0 Å². The van der Waals surface area contributed by atoms with Crippen LogP contribution in [0.5, 0.6) is 5.75 Å². The Balaban J connectivity index is 2.82. The molecule has 4 heteroatoms. The summed E-state index contributed by atoms with van der Waals surface area (Å²) in [7, 11) is 0. The van der Waals surface area contributed by atoms with Gasteiger partial charge in [0.05, 0.1) is 5.56 Å². The number of para-hydroxylation sites is 1. The van der Waals surface area contributed by atoms with Crippen LogP contribution in [0.1, 0.15) is 37.0 Å². The predicted octanol–water partition coefficient (Wildman–Crippen LogP) is 3.08. The van der Waals surface area contributed by atoms with E-state index in [9.17, 15) is 9.90 Å². The molecule has 0 aliphatic carbocycles. The number of halogens is 1. The summed E-state index contributed by atoms with van der Waals surface area (Å²) < 4.78 is 0. The standard InChI is InChI=1S/C13H18BrNO2/c1-3-13(2,8-9-14)15-12(17)10-6-4-5-7-11(10)16/h4-7,16H,3,8-9H2,1-2H3,(H,15,17). The van der Waals surface area contributed by atoms with Gasteiger partial charge in [0.2, 0.25) is 0 Å². The molecule has 0 bridgehead atoms. The zero-order chi connectivity index (χ0) is 12.9. The van der Waals surface area contributed by atoms with Crippen molar-refractivity contribution in [2.75, 3.05) is 5.33 Å². The summed E-state index contributed by atoms with van der Waals surface area (Å²) in [5, 5.41) is 13.4. The Morgan fingerprint density at radius 1 is 1.47 bits per heavy atom. The molecule has 0 fully saturated rings. The molecule has 1 atom stereocenters. The van der Waals surface area contributed by atoms with Gasteiger partial charge in [-0.1, -0.05) is 35.0 Å². The fraction of sp³-hybridized carbons (Fsp3) is 0.462. The van der Waals surface area contributed by atoms with Crippen molar-refractivity contribution in [3.05, 3.63) is 29.8 Å². The number of alkyl halides is 1. The van der Waals surface area contributed by atoms with E-state index in [0.717, 1.165) is 18.2 Å². The summed E-state index contributed by atoms with van der Waals surface area (Å²) in [6.45, 7) is 4.04. The minimum Gasteiger partial charge on any atom is -0.507 e. The third kappa shape index (κ3) is 3.73. The van der Waals surface area contributed by atoms with Crippen molar-refractivity contribution in [3.8, 4) is 5.75 Å². The quantitative estimate of drug-likeness (QED) is 0.821.